The molecule has 0 aromatic carbocycles. The van der Waals surface area contributed by atoms with Gasteiger partial charge in [0.15, 0.2) is 5.78 Å². The van der Waals surface area contributed by atoms with Crippen LogP contribution in [0.15, 0.2) is 36.0 Å². The van der Waals surface area contributed by atoms with Crippen molar-refractivity contribution < 1.29 is 4.79 Å². The lowest BCUT2D eigenvalue weighted by atomic mass is 9.68. The summed E-state index contributed by atoms with van der Waals surface area (Å²) in [5, 5.41) is 0. The Morgan fingerprint density at radius 3 is 2.82 bits per heavy atom. The highest BCUT2D eigenvalue weighted by Gasteiger charge is 2.30. The van der Waals surface area contributed by atoms with Crippen molar-refractivity contribution in [1.29, 1.82) is 0 Å². The molecule has 0 aromatic heterocycles. The van der Waals surface area contributed by atoms with E-state index in [1.807, 2.05) is 19.1 Å². The van der Waals surface area contributed by atoms with Crippen molar-refractivity contribution in [1.82, 2.24) is 0 Å². The van der Waals surface area contributed by atoms with E-state index in [4.69, 9.17) is 0 Å². The van der Waals surface area contributed by atoms with Gasteiger partial charge in [0.05, 0.1) is 0 Å². The second kappa shape index (κ2) is 6.00. The Morgan fingerprint density at radius 1 is 1.53 bits per heavy atom. The zero-order chi connectivity index (χ0) is 12.9. The van der Waals surface area contributed by atoms with E-state index in [1.165, 1.54) is 12.0 Å². The molecule has 0 bridgehead atoms. The summed E-state index contributed by atoms with van der Waals surface area (Å²) < 4.78 is 0. The Bertz CT molecular complexity index is 356. The van der Waals surface area contributed by atoms with Crippen LogP contribution in [0.2, 0.25) is 0 Å². The maximum Gasteiger partial charge on any atom is 0.159 e. The van der Waals surface area contributed by atoms with Gasteiger partial charge in [0, 0.05) is 12.3 Å². The van der Waals surface area contributed by atoms with Gasteiger partial charge in [-0.05, 0) is 38.2 Å². The molecule has 1 aliphatic rings. The first-order chi connectivity index (χ1) is 7.97. The predicted octanol–water partition coefficient (Wildman–Crippen LogP) is 4.46. The highest BCUT2D eigenvalue weighted by Crippen LogP contribution is 2.41. The van der Waals surface area contributed by atoms with Crippen molar-refractivity contribution in [3.8, 4) is 0 Å². The lowest BCUT2D eigenvalue weighted by molar-refractivity contribution is -0.113. The van der Waals surface area contributed by atoms with E-state index in [2.05, 4.69) is 32.9 Å². The van der Waals surface area contributed by atoms with E-state index in [1.54, 1.807) is 6.08 Å². The first-order valence-corrected chi connectivity index (χ1v) is 6.46. The molecule has 1 rings (SSSR count). The zero-order valence-corrected chi connectivity index (χ0v) is 11.5. The molecule has 1 unspecified atom stereocenters. The van der Waals surface area contributed by atoms with E-state index in [-0.39, 0.29) is 11.2 Å². The number of ketones is 1. The smallest absolute Gasteiger partial charge is 0.159 e. The minimum Gasteiger partial charge on any atom is -0.295 e. The number of carbonyl (C=O) groups is 1. The third-order valence-electron chi connectivity index (χ3n) is 3.62. The normalized spacial score (nSPS) is 24.2. The zero-order valence-electron chi connectivity index (χ0n) is 11.5. The van der Waals surface area contributed by atoms with Crippen molar-refractivity contribution in [2.24, 2.45) is 11.3 Å². The van der Waals surface area contributed by atoms with Gasteiger partial charge in [-0.1, -0.05) is 43.7 Å². The fourth-order valence-electron chi connectivity index (χ4n) is 2.49. The molecule has 1 atom stereocenters. The van der Waals surface area contributed by atoms with E-state index in [0.29, 0.717) is 12.3 Å². The maximum absolute atomic E-state index is 11.6. The van der Waals surface area contributed by atoms with Crippen molar-refractivity contribution in [3.63, 3.8) is 0 Å². The molecule has 0 fully saturated rings. The van der Waals surface area contributed by atoms with Crippen LogP contribution in [-0.4, -0.2) is 5.78 Å². The van der Waals surface area contributed by atoms with Crippen LogP contribution < -0.4 is 0 Å². The van der Waals surface area contributed by atoms with Crippen LogP contribution in [0.3, 0.4) is 0 Å². The van der Waals surface area contributed by atoms with Crippen LogP contribution in [0.1, 0.15) is 47.0 Å². The van der Waals surface area contributed by atoms with Crippen LogP contribution in [0.5, 0.6) is 0 Å². The molecule has 1 nitrogen and oxygen atoms in total. The van der Waals surface area contributed by atoms with Gasteiger partial charge in [-0.3, -0.25) is 4.79 Å². The molecule has 1 aliphatic carbocycles. The summed E-state index contributed by atoms with van der Waals surface area (Å²) in [4.78, 5) is 11.6. The Hall–Kier alpha value is -1.11. The Balaban J connectivity index is 2.71. The van der Waals surface area contributed by atoms with Crippen molar-refractivity contribution >= 4 is 5.78 Å². The van der Waals surface area contributed by atoms with Gasteiger partial charge < -0.3 is 0 Å². The average Bonchev–Trinajstić information content (AvgIpc) is 2.24. The molecule has 1 heteroatoms. The van der Waals surface area contributed by atoms with Gasteiger partial charge in [0.25, 0.3) is 0 Å². The van der Waals surface area contributed by atoms with E-state index in [9.17, 15) is 4.79 Å². The lowest BCUT2D eigenvalue weighted by Crippen LogP contribution is -2.26. The monoisotopic (exact) mass is 232 g/mol. The summed E-state index contributed by atoms with van der Waals surface area (Å²) in [6.45, 7) is 8.68. The Morgan fingerprint density at radius 2 is 2.24 bits per heavy atom. The molecule has 0 amide bonds. The second-order valence-corrected chi connectivity index (χ2v) is 5.55. The van der Waals surface area contributed by atoms with E-state index >= 15 is 0 Å². The van der Waals surface area contributed by atoms with Gasteiger partial charge in [-0.15, -0.1) is 0 Å². The largest absolute Gasteiger partial charge is 0.295 e. The highest BCUT2D eigenvalue weighted by molar-refractivity contribution is 5.90. The van der Waals surface area contributed by atoms with Crippen molar-refractivity contribution in [2.45, 2.75) is 47.0 Å². The number of rotatable bonds is 4. The number of hydrogen-bond donors (Lipinski definition) is 0. The summed E-state index contributed by atoms with van der Waals surface area (Å²) in [6.07, 6.45) is 12.9. The molecule has 0 radical (unpaired) electrons. The first-order valence-electron chi connectivity index (χ1n) is 6.46. The van der Waals surface area contributed by atoms with Gasteiger partial charge in [-0.25, -0.2) is 0 Å². The third-order valence-corrected chi connectivity index (χ3v) is 3.62. The van der Waals surface area contributed by atoms with Crippen LogP contribution >= 0.6 is 0 Å². The quantitative estimate of drug-likeness (QED) is 0.516. The first kappa shape index (κ1) is 14.0. The summed E-state index contributed by atoms with van der Waals surface area (Å²) in [7, 11) is 0. The molecule has 0 saturated heterocycles. The van der Waals surface area contributed by atoms with Crippen LogP contribution in [0.25, 0.3) is 0 Å². The maximum atomic E-state index is 11.6. The molecule has 17 heavy (non-hydrogen) atoms. The molecule has 0 heterocycles. The van der Waals surface area contributed by atoms with Gasteiger partial charge in [0.2, 0.25) is 0 Å². The van der Waals surface area contributed by atoms with Gasteiger partial charge in [0.1, 0.15) is 0 Å². The molecule has 94 valence electrons. The summed E-state index contributed by atoms with van der Waals surface area (Å²) in [5.41, 5.74) is 1.67. The standard InChI is InChI=1S/C16H24O/c1-5-6-9-14(17)10-11-15-13(2)8-7-12-16(15,3)4/h5-6,8,10-11,15H,7,9,12H2,1-4H3. The molecule has 0 saturated carbocycles. The molecule has 0 aliphatic heterocycles. The molecule has 0 N–H and O–H groups in total. The van der Waals surface area contributed by atoms with Crippen LogP contribution in [0, 0.1) is 11.3 Å². The van der Waals surface area contributed by atoms with Crippen LogP contribution in [-0.2, 0) is 4.79 Å². The Labute approximate surface area is 105 Å². The van der Waals surface area contributed by atoms with Crippen molar-refractivity contribution in [2.75, 3.05) is 0 Å². The number of allylic oxidation sites excluding steroid dienone is 6. The topological polar surface area (TPSA) is 17.1 Å². The second-order valence-electron chi connectivity index (χ2n) is 5.55. The molecular formula is C16H24O. The fourth-order valence-corrected chi connectivity index (χ4v) is 2.49. The summed E-state index contributed by atoms with van der Waals surface area (Å²) >= 11 is 0. The average molecular weight is 232 g/mol. The minimum absolute atomic E-state index is 0.192. The Kier molecular flexibility index (Phi) is 4.92. The third kappa shape index (κ3) is 3.99. The van der Waals surface area contributed by atoms with Gasteiger partial charge in [-0.2, -0.15) is 0 Å². The van der Waals surface area contributed by atoms with Crippen LogP contribution in [0.4, 0.5) is 0 Å². The molecular weight excluding hydrogens is 208 g/mol. The fraction of sp³-hybridized carbons (Fsp3) is 0.562. The van der Waals surface area contributed by atoms with Crippen molar-refractivity contribution in [3.05, 3.63) is 36.0 Å². The summed E-state index contributed by atoms with van der Waals surface area (Å²) in [6, 6.07) is 0. The van der Waals surface area contributed by atoms with E-state index < -0.39 is 0 Å². The van der Waals surface area contributed by atoms with Gasteiger partial charge >= 0.3 is 0 Å². The van der Waals surface area contributed by atoms with E-state index in [0.717, 1.165) is 6.42 Å². The molecule has 0 spiro atoms. The predicted molar refractivity (Wildman–Crippen MR) is 73.8 cm³/mol. The highest BCUT2D eigenvalue weighted by atomic mass is 16.1. The number of hydrogen-bond acceptors (Lipinski definition) is 1. The molecule has 0 aromatic rings. The lowest BCUT2D eigenvalue weighted by Gasteiger charge is -2.36. The minimum atomic E-state index is 0.192. The number of carbonyl (C=O) groups excluding carboxylic acids is 1. The summed E-state index contributed by atoms with van der Waals surface area (Å²) in [5.74, 6) is 0.600. The SMILES string of the molecule is CC=CCC(=O)C=CC1C(C)=CCCC1(C)C.